The first kappa shape index (κ1) is 20.3. The summed E-state index contributed by atoms with van der Waals surface area (Å²) in [5.41, 5.74) is -1.14. The fraction of sp³-hybridized carbons (Fsp3) is 0.158. The van der Waals surface area contributed by atoms with Crippen LogP contribution in [0.4, 0.5) is 26.3 Å². The van der Waals surface area contributed by atoms with Crippen molar-refractivity contribution in [1.82, 2.24) is 0 Å². The van der Waals surface area contributed by atoms with E-state index < -0.39 is 30.6 Å². The lowest BCUT2D eigenvalue weighted by Crippen LogP contribution is -2.06. The number of benzene rings is 2. The molecular formula is C19H13F6O2P. The molecule has 0 saturated carbocycles. The van der Waals surface area contributed by atoms with Crippen molar-refractivity contribution >= 4 is 18.7 Å². The summed E-state index contributed by atoms with van der Waals surface area (Å²) in [6.45, 7) is 1.42. The quantitative estimate of drug-likeness (QED) is 0.386. The molecule has 0 saturated heterocycles. The van der Waals surface area contributed by atoms with Crippen molar-refractivity contribution in [3.05, 3.63) is 82.4 Å². The van der Waals surface area contributed by atoms with Crippen molar-refractivity contribution < 1.29 is 35.6 Å². The van der Waals surface area contributed by atoms with Crippen molar-refractivity contribution in [2.75, 3.05) is 6.66 Å². The molecule has 28 heavy (non-hydrogen) atoms. The minimum atomic E-state index is -4.49. The van der Waals surface area contributed by atoms with E-state index in [2.05, 4.69) is 0 Å². The standard InChI is InChI=1S/C19H13F6O2P/c1-28(26)10-16(12-2-6-14(7-3-12)18(20,21)22)27-17(11-28)13-4-8-15(9-5-13)19(23,24)25/h2-11H,1H3. The normalized spacial score (nSPS) is 16.8. The summed E-state index contributed by atoms with van der Waals surface area (Å²) < 4.78 is 94.5. The molecule has 2 aromatic rings. The van der Waals surface area contributed by atoms with Gasteiger partial charge in [-0.25, -0.2) is 0 Å². The van der Waals surface area contributed by atoms with E-state index in [0.29, 0.717) is 0 Å². The van der Waals surface area contributed by atoms with Crippen molar-refractivity contribution in [2.24, 2.45) is 0 Å². The van der Waals surface area contributed by atoms with Crippen LogP contribution in [0, 0.1) is 0 Å². The molecule has 9 heteroatoms. The summed E-state index contributed by atoms with van der Waals surface area (Å²) in [5, 5.41) is 0. The second-order valence-corrected chi connectivity index (χ2v) is 8.93. The minimum absolute atomic E-state index is 0.0805. The summed E-state index contributed by atoms with van der Waals surface area (Å²) >= 11 is 0. The Kier molecular flexibility index (Phi) is 4.96. The highest BCUT2D eigenvalue weighted by molar-refractivity contribution is 7.69. The average molecular weight is 418 g/mol. The molecule has 1 aliphatic heterocycles. The van der Waals surface area contributed by atoms with E-state index in [1.165, 1.54) is 42.6 Å². The second kappa shape index (κ2) is 6.85. The molecule has 1 heterocycles. The Morgan fingerprint density at radius 2 is 1.00 bits per heavy atom. The fourth-order valence-electron chi connectivity index (χ4n) is 2.59. The third-order valence-corrected chi connectivity index (χ3v) is 5.45. The first-order chi connectivity index (χ1) is 12.9. The van der Waals surface area contributed by atoms with Crippen LogP contribution in [0.25, 0.3) is 11.5 Å². The molecule has 1 aliphatic rings. The van der Waals surface area contributed by atoms with Crippen LogP contribution in [-0.2, 0) is 21.7 Å². The molecule has 0 aromatic heterocycles. The van der Waals surface area contributed by atoms with Crippen LogP contribution in [0.1, 0.15) is 22.3 Å². The molecular weight excluding hydrogens is 405 g/mol. The maximum atomic E-state index is 12.7. The smallest absolute Gasteiger partial charge is 0.416 e. The van der Waals surface area contributed by atoms with Gasteiger partial charge in [-0.05, 0) is 30.9 Å². The van der Waals surface area contributed by atoms with Gasteiger partial charge in [0.15, 0.2) is 0 Å². The molecule has 0 atom stereocenters. The van der Waals surface area contributed by atoms with Crippen LogP contribution in [0.15, 0.2) is 60.2 Å². The third-order valence-electron chi connectivity index (χ3n) is 3.96. The topological polar surface area (TPSA) is 26.3 Å². The Bertz CT molecular complexity index is 906. The van der Waals surface area contributed by atoms with Crippen molar-refractivity contribution in [3.63, 3.8) is 0 Å². The lowest BCUT2D eigenvalue weighted by Gasteiger charge is -2.21. The molecule has 0 bridgehead atoms. The Hall–Kier alpha value is -2.47. The molecule has 0 aliphatic carbocycles. The van der Waals surface area contributed by atoms with Crippen molar-refractivity contribution in [2.45, 2.75) is 12.4 Å². The van der Waals surface area contributed by atoms with E-state index >= 15 is 0 Å². The molecule has 0 radical (unpaired) electrons. The molecule has 148 valence electrons. The molecule has 2 aromatic carbocycles. The van der Waals surface area contributed by atoms with Crippen LogP contribution >= 0.6 is 7.14 Å². The van der Waals surface area contributed by atoms with E-state index in [-0.39, 0.29) is 22.6 Å². The van der Waals surface area contributed by atoms with Crippen molar-refractivity contribution in [1.29, 1.82) is 0 Å². The maximum Gasteiger partial charge on any atom is 0.416 e. The van der Waals surface area contributed by atoms with Gasteiger partial charge in [-0.3, -0.25) is 0 Å². The molecule has 2 nitrogen and oxygen atoms in total. The van der Waals surface area contributed by atoms with Gasteiger partial charge < -0.3 is 9.30 Å². The monoisotopic (exact) mass is 418 g/mol. The number of hydrogen-bond acceptors (Lipinski definition) is 2. The van der Waals surface area contributed by atoms with Gasteiger partial charge in [0.25, 0.3) is 0 Å². The summed E-state index contributed by atoms with van der Waals surface area (Å²) in [4.78, 5) is 0. The summed E-state index contributed by atoms with van der Waals surface area (Å²) in [7, 11) is -3.01. The number of alkyl halides is 6. The summed E-state index contributed by atoms with van der Waals surface area (Å²) in [6.07, 6.45) is -8.99. The van der Waals surface area contributed by atoms with Gasteiger partial charge in [0.2, 0.25) is 0 Å². The predicted molar refractivity (Wildman–Crippen MR) is 93.5 cm³/mol. The second-order valence-electron chi connectivity index (χ2n) is 6.30. The van der Waals surface area contributed by atoms with E-state index in [1.807, 2.05) is 0 Å². The van der Waals surface area contributed by atoms with Crippen LogP contribution in [0.2, 0.25) is 0 Å². The van der Waals surface area contributed by atoms with Gasteiger partial charge in [0.1, 0.15) is 18.7 Å². The van der Waals surface area contributed by atoms with Gasteiger partial charge in [0.05, 0.1) is 11.1 Å². The van der Waals surface area contributed by atoms with E-state index in [0.717, 1.165) is 24.3 Å². The summed E-state index contributed by atoms with van der Waals surface area (Å²) in [5.74, 6) is 2.78. The molecule has 3 rings (SSSR count). The Labute approximate surface area is 156 Å². The molecule has 0 spiro atoms. The highest BCUT2D eigenvalue weighted by Crippen LogP contribution is 2.53. The zero-order chi connectivity index (χ0) is 20.7. The number of rotatable bonds is 2. The summed E-state index contributed by atoms with van der Waals surface area (Å²) in [6, 6.07) is 8.22. The van der Waals surface area contributed by atoms with Gasteiger partial charge in [-0.2, -0.15) is 26.3 Å². The minimum Gasteiger partial charge on any atom is -0.456 e. The van der Waals surface area contributed by atoms with Gasteiger partial charge in [-0.15, -0.1) is 0 Å². The Morgan fingerprint density at radius 3 is 1.29 bits per heavy atom. The highest BCUT2D eigenvalue weighted by Gasteiger charge is 2.32. The predicted octanol–water partition coefficient (Wildman–Crippen LogP) is 7.04. The fourth-order valence-corrected chi connectivity index (χ4v) is 4.00. The molecule has 0 fully saturated rings. The third kappa shape index (κ3) is 4.50. The van der Waals surface area contributed by atoms with Crippen molar-refractivity contribution in [3.8, 4) is 0 Å². The molecule has 0 unspecified atom stereocenters. The van der Waals surface area contributed by atoms with E-state index in [9.17, 15) is 30.9 Å². The Balaban J connectivity index is 1.91. The average Bonchev–Trinajstić information content (AvgIpc) is 2.59. The molecule has 0 N–H and O–H groups in total. The SMILES string of the molecule is CP1(=O)C=C(c2ccc(C(F)(F)F)cc2)OC(c2ccc(C(F)(F)F)cc2)=C1. The maximum absolute atomic E-state index is 12.7. The zero-order valence-electron chi connectivity index (χ0n) is 14.3. The lowest BCUT2D eigenvalue weighted by molar-refractivity contribution is -0.138. The number of hydrogen-bond donors (Lipinski definition) is 0. The first-order valence-corrected chi connectivity index (χ1v) is 10.2. The van der Waals surface area contributed by atoms with Gasteiger partial charge in [-0.1, -0.05) is 24.3 Å². The zero-order valence-corrected chi connectivity index (χ0v) is 15.2. The van der Waals surface area contributed by atoms with Crippen LogP contribution in [0.3, 0.4) is 0 Å². The lowest BCUT2D eigenvalue weighted by atomic mass is 10.1. The Morgan fingerprint density at radius 1 is 0.679 bits per heavy atom. The van der Waals surface area contributed by atoms with E-state index in [1.54, 1.807) is 0 Å². The first-order valence-electron chi connectivity index (χ1n) is 7.91. The largest absolute Gasteiger partial charge is 0.456 e. The number of halogens is 6. The van der Waals surface area contributed by atoms with Gasteiger partial charge in [0, 0.05) is 22.8 Å². The van der Waals surface area contributed by atoms with Crippen LogP contribution in [0.5, 0.6) is 0 Å². The van der Waals surface area contributed by atoms with Gasteiger partial charge >= 0.3 is 12.4 Å². The number of ether oxygens (including phenoxy) is 1. The highest BCUT2D eigenvalue weighted by atomic mass is 31.2. The molecule has 0 amide bonds. The van der Waals surface area contributed by atoms with E-state index in [4.69, 9.17) is 4.74 Å². The van der Waals surface area contributed by atoms with Crippen LogP contribution < -0.4 is 0 Å². The van der Waals surface area contributed by atoms with Crippen LogP contribution in [-0.4, -0.2) is 6.66 Å².